The Balaban J connectivity index is 2.17. The van der Waals surface area contributed by atoms with Crippen molar-refractivity contribution in [2.75, 3.05) is 11.5 Å². The van der Waals surface area contributed by atoms with Crippen molar-refractivity contribution in [3.05, 3.63) is 32.4 Å². The van der Waals surface area contributed by atoms with E-state index in [1.807, 2.05) is 0 Å². The van der Waals surface area contributed by atoms with Crippen molar-refractivity contribution in [2.24, 2.45) is 7.05 Å². The van der Waals surface area contributed by atoms with E-state index in [4.69, 9.17) is 16.7 Å². The minimum Gasteiger partial charge on any atom is -0.481 e. The maximum atomic E-state index is 12.1. The molecule has 1 heterocycles. The molecule has 1 aromatic heterocycles. The summed E-state index contributed by atoms with van der Waals surface area (Å²) >= 11 is 8.43. The number of ketones is 1. The summed E-state index contributed by atoms with van der Waals surface area (Å²) in [6.45, 7) is 0. The first-order valence-electron chi connectivity index (χ1n) is 6.02. The van der Waals surface area contributed by atoms with Crippen LogP contribution in [0.25, 0.3) is 10.2 Å². The quantitative estimate of drug-likeness (QED) is 0.643. The van der Waals surface area contributed by atoms with Crippen molar-refractivity contribution in [1.82, 2.24) is 4.57 Å². The molecule has 0 bridgehead atoms. The Hall–Kier alpha value is -1.31. The highest BCUT2D eigenvalue weighted by molar-refractivity contribution is 8.00. The van der Waals surface area contributed by atoms with Crippen molar-refractivity contribution in [2.45, 2.75) is 6.42 Å². The van der Waals surface area contributed by atoms with E-state index in [9.17, 15) is 14.4 Å². The van der Waals surface area contributed by atoms with Crippen molar-refractivity contribution in [3.8, 4) is 0 Å². The topological polar surface area (TPSA) is 76.4 Å². The molecule has 8 heteroatoms. The van der Waals surface area contributed by atoms with Gasteiger partial charge in [-0.3, -0.25) is 14.4 Å². The molecule has 5 nitrogen and oxygen atoms in total. The Kier molecular flexibility index (Phi) is 5.08. The number of thioether (sulfide) groups is 1. The Bertz CT molecular complexity index is 765. The van der Waals surface area contributed by atoms with Crippen LogP contribution in [0.3, 0.4) is 0 Å². The summed E-state index contributed by atoms with van der Waals surface area (Å²) in [5.41, 5.74) is 1.07. The third-order valence-electron chi connectivity index (χ3n) is 2.87. The third-order valence-corrected chi connectivity index (χ3v) is 5.14. The molecular weight excluding hydrogens is 334 g/mol. The Morgan fingerprint density at radius 3 is 2.81 bits per heavy atom. The van der Waals surface area contributed by atoms with Gasteiger partial charge >= 0.3 is 10.8 Å². The Labute approximate surface area is 133 Å². The highest BCUT2D eigenvalue weighted by Gasteiger charge is 2.15. The summed E-state index contributed by atoms with van der Waals surface area (Å²) in [6, 6.07) is 3.24. The molecule has 21 heavy (non-hydrogen) atoms. The molecule has 0 aliphatic rings. The van der Waals surface area contributed by atoms with Crippen LogP contribution < -0.4 is 4.87 Å². The molecule has 0 aliphatic heterocycles. The normalized spacial score (nSPS) is 11.0. The second-order valence-corrected chi connectivity index (χ2v) is 6.85. The van der Waals surface area contributed by atoms with Crippen LogP contribution in [0, 0.1) is 0 Å². The fourth-order valence-corrected chi connectivity index (χ4v) is 3.73. The number of hydrogen-bond donors (Lipinski definition) is 1. The lowest BCUT2D eigenvalue weighted by atomic mass is 10.1. The van der Waals surface area contributed by atoms with Crippen LogP contribution in [0.2, 0.25) is 5.02 Å². The number of rotatable bonds is 6. The number of halogens is 1. The molecule has 0 saturated carbocycles. The molecule has 0 spiro atoms. The van der Waals surface area contributed by atoms with Gasteiger partial charge in [-0.2, -0.15) is 11.8 Å². The van der Waals surface area contributed by atoms with Crippen LogP contribution in [0.15, 0.2) is 16.9 Å². The SMILES string of the molecule is Cn1c(=O)sc2cc(C(=O)CSCCC(=O)O)c(Cl)cc21. The molecule has 1 N–H and O–H groups in total. The lowest BCUT2D eigenvalue weighted by Gasteiger charge is -2.04. The van der Waals surface area contributed by atoms with E-state index in [2.05, 4.69) is 0 Å². The smallest absolute Gasteiger partial charge is 0.307 e. The second-order valence-electron chi connectivity index (χ2n) is 4.35. The van der Waals surface area contributed by atoms with Gasteiger partial charge in [-0.05, 0) is 12.1 Å². The second kappa shape index (κ2) is 6.64. The molecular formula is C13H12ClNO4S2. The minimum atomic E-state index is -0.886. The van der Waals surface area contributed by atoms with E-state index >= 15 is 0 Å². The van der Waals surface area contributed by atoms with Gasteiger partial charge in [-0.15, -0.1) is 0 Å². The number of fused-ring (bicyclic) bond motifs is 1. The van der Waals surface area contributed by atoms with E-state index in [1.165, 1.54) is 16.3 Å². The zero-order valence-corrected chi connectivity index (χ0v) is 13.5. The van der Waals surface area contributed by atoms with E-state index in [0.29, 0.717) is 26.6 Å². The average molecular weight is 346 g/mol. The molecule has 0 aliphatic carbocycles. The molecule has 2 rings (SSSR count). The number of carbonyl (C=O) groups excluding carboxylic acids is 1. The first-order valence-corrected chi connectivity index (χ1v) is 8.37. The number of carboxylic acid groups (broad SMARTS) is 1. The molecule has 0 fully saturated rings. The van der Waals surface area contributed by atoms with Crippen LogP contribution >= 0.6 is 34.7 Å². The van der Waals surface area contributed by atoms with Gasteiger partial charge in [0.1, 0.15) is 0 Å². The molecule has 0 atom stereocenters. The van der Waals surface area contributed by atoms with Gasteiger partial charge in [0.15, 0.2) is 5.78 Å². The number of nitrogens with zero attached hydrogens (tertiary/aromatic N) is 1. The van der Waals surface area contributed by atoms with Crippen LogP contribution in [0.5, 0.6) is 0 Å². The first-order chi connectivity index (χ1) is 9.90. The molecule has 1 aromatic carbocycles. The lowest BCUT2D eigenvalue weighted by molar-refractivity contribution is -0.136. The number of carbonyl (C=O) groups is 2. The largest absolute Gasteiger partial charge is 0.481 e. The van der Waals surface area contributed by atoms with Gasteiger partial charge in [0.2, 0.25) is 0 Å². The van der Waals surface area contributed by atoms with Crippen LogP contribution in [0.4, 0.5) is 0 Å². The zero-order chi connectivity index (χ0) is 15.6. The van der Waals surface area contributed by atoms with Crippen LogP contribution in [-0.4, -0.2) is 32.9 Å². The van der Waals surface area contributed by atoms with Gasteiger partial charge in [-0.25, -0.2) is 0 Å². The molecule has 112 valence electrons. The lowest BCUT2D eigenvalue weighted by Crippen LogP contribution is -2.07. The number of hydrogen-bond acceptors (Lipinski definition) is 5. The molecule has 0 amide bonds. The van der Waals surface area contributed by atoms with E-state index in [0.717, 1.165) is 11.3 Å². The number of aliphatic carboxylic acids is 1. The van der Waals surface area contributed by atoms with Crippen molar-refractivity contribution in [1.29, 1.82) is 0 Å². The van der Waals surface area contributed by atoms with Crippen molar-refractivity contribution >= 4 is 56.7 Å². The number of thiazole rings is 1. The van der Waals surface area contributed by atoms with E-state index < -0.39 is 5.97 Å². The number of Topliss-reactive ketones (excluding diaryl/α,β-unsaturated/α-hetero) is 1. The third kappa shape index (κ3) is 3.66. The van der Waals surface area contributed by atoms with Gasteiger partial charge in [-0.1, -0.05) is 22.9 Å². The summed E-state index contributed by atoms with van der Waals surface area (Å²) in [6.07, 6.45) is 0.0189. The summed E-state index contributed by atoms with van der Waals surface area (Å²) in [4.78, 5) is 34.0. The highest BCUT2D eigenvalue weighted by atomic mass is 35.5. The van der Waals surface area contributed by atoms with Gasteiger partial charge in [0, 0.05) is 18.4 Å². The summed E-state index contributed by atoms with van der Waals surface area (Å²) in [5.74, 6) is -0.510. The Morgan fingerprint density at radius 2 is 2.14 bits per heavy atom. The predicted octanol–water partition coefficient (Wildman–Crippen LogP) is 2.64. The monoisotopic (exact) mass is 345 g/mol. The predicted molar refractivity (Wildman–Crippen MR) is 86.0 cm³/mol. The summed E-state index contributed by atoms with van der Waals surface area (Å²) in [5, 5.41) is 8.84. The summed E-state index contributed by atoms with van der Waals surface area (Å²) in [7, 11) is 1.65. The van der Waals surface area contributed by atoms with Crippen molar-refractivity contribution in [3.63, 3.8) is 0 Å². The fourth-order valence-electron chi connectivity index (χ4n) is 1.76. The van der Waals surface area contributed by atoms with Gasteiger partial charge in [0.25, 0.3) is 0 Å². The van der Waals surface area contributed by atoms with Crippen LogP contribution in [-0.2, 0) is 11.8 Å². The summed E-state index contributed by atoms with van der Waals surface area (Å²) < 4.78 is 2.20. The number of aromatic nitrogens is 1. The standard InChI is InChI=1S/C13H12ClNO4S2/c1-15-9-5-8(14)7(4-11(9)21-13(15)19)10(16)6-20-3-2-12(17)18/h4-5H,2-3,6H2,1H3,(H,17,18). The number of carboxylic acids is 1. The maximum absolute atomic E-state index is 12.1. The molecule has 0 unspecified atom stereocenters. The first kappa shape index (κ1) is 16.1. The minimum absolute atomic E-state index is 0.0189. The van der Waals surface area contributed by atoms with E-state index in [1.54, 1.807) is 19.2 Å². The van der Waals surface area contributed by atoms with E-state index in [-0.39, 0.29) is 22.8 Å². The highest BCUT2D eigenvalue weighted by Crippen LogP contribution is 2.26. The number of aryl methyl sites for hydroxylation is 1. The van der Waals surface area contributed by atoms with Crippen LogP contribution in [0.1, 0.15) is 16.8 Å². The molecule has 2 aromatic rings. The van der Waals surface area contributed by atoms with Gasteiger partial charge in [0.05, 0.1) is 27.4 Å². The number of benzene rings is 1. The Morgan fingerprint density at radius 1 is 1.43 bits per heavy atom. The zero-order valence-electron chi connectivity index (χ0n) is 11.1. The average Bonchev–Trinajstić information content (AvgIpc) is 2.69. The molecule has 0 saturated heterocycles. The van der Waals surface area contributed by atoms with Crippen molar-refractivity contribution < 1.29 is 14.7 Å². The van der Waals surface area contributed by atoms with Gasteiger partial charge < -0.3 is 9.67 Å². The fraction of sp³-hybridized carbons (Fsp3) is 0.308. The molecule has 0 radical (unpaired) electrons. The maximum Gasteiger partial charge on any atom is 0.307 e.